The normalized spacial score (nSPS) is 17.7. The standard InChI is InChI=1S/C17H27N3O3S/c1-3-10-20(16-8-9-18-13-16)17(21)14-6-5-7-15(12-14)19-24(22,23)11-4-2/h5-7,12,16,18-19H,3-4,8-11,13H2,1-2H3. The minimum absolute atomic E-state index is 0.0397. The van der Waals surface area contributed by atoms with E-state index in [0.717, 1.165) is 25.9 Å². The Morgan fingerprint density at radius 1 is 1.33 bits per heavy atom. The SMILES string of the molecule is CCCN(C(=O)c1cccc(NS(=O)(=O)CCC)c1)C1CCNC1. The van der Waals surface area contributed by atoms with Gasteiger partial charge >= 0.3 is 0 Å². The Bertz CT molecular complexity index is 655. The molecule has 1 aromatic rings. The number of carbonyl (C=O) groups is 1. The Labute approximate surface area is 144 Å². The number of anilines is 1. The van der Waals surface area contributed by atoms with Crippen molar-refractivity contribution in [1.82, 2.24) is 10.2 Å². The van der Waals surface area contributed by atoms with Crippen molar-refractivity contribution in [1.29, 1.82) is 0 Å². The Morgan fingerprint density at radius 2 is 2.12 bits per heavy atom. The molecule has 2 rings (SSSR count). The molecule has 1 heterocycles. The Hall–Kier alpha value is -1.60. The molecule has 2 N–H and O–H groups in total. The summed E-state index contributed by atoms with van der Waals surface area (Å²) in [5, 5.41) is 3.29. The third kappa shape index (κ3) is 4.95. The van der Waals surface area contributed by atoms with Crippen LogP contribution in [0.15, 0.2) is 24.3 Å². The van der Waals surface area contributed by atoms with Crippen LogP contribution in [0.1, 0.15) is 43.5 Å². The van der Waals surface area contributed by atoms with Crippen LogP contribution in [-0.2, 0) is 10.0 Å². The van der Waals surface area contributed by atoms with Crippen molar-refractivity contribution < 1.29 is 13.2 Å². The second-order valence-corrected chi connectivity index (χ2v) is 7.99. The van der Waals surface area contributed by atoms with Gasteiger partial charge in [0.25, 0.3) is 5.91 Å². The summed E-state index contributed by atoms with van der Waals surface area (Å²) in [6.45, 7) is 6.32. The molecule has 0 bridgehead atoms. The average Bonchev–Trinajstić information content (AvgIpc) is 3.05. The molecule has 1 aromatic carbocycles. The third-order valence-electron chi connectivity index (χ3n) is 4.06. The summed E-state index contributed by atoms with van der Waals surface area (Å²) < 4.78 is 26.4. The first kappa shape index (κ1) is 18.7. The van der Waals surface area contributed by atoms with Gasteiger partial charge in [-0.1, -0.05) is 19.9 Å². The van der Waals surface area contributed by atoms with E-state index in [-0.39, 0.29) is 17.7 Å². The van der Waals surface area contributed by atoms with Crippen LogP contribution >= 0.6 is 0 Å². The number of hydrogen-bond donors (Lipinski definition) is 2. The molecule has 1 amide bonds. The Kier molecular flexibility index (Phi) is 6.62. The van der Waals surface area contributed by atoms with Crippen molar-refractivity contribution in [3.8, 4) is 0 Å². The summed E-state index contributed by atoms with van der Waals surface area (Å²) in [7, 11) is -3.36. The minimum Gasteiger partial charge on any atom is -0.334 e. The van der Waals surface area contributed by atoms with Crippen molar-refractivity contribution in [2.24, 2.45) is 0 Å². The van der Waals surface area contributed by atoms with Crippen LogP contribution in [0.2, 0.25) is 0 Å². The number of carbonyl (C=O) groups excluding carboxylic acids is 1. The van der Waals surface area contributed by atoms with Crippen LogP contribution in [0.4, 0.5) is 5.69 Å². The smallest absolute Gasteiger partial charge is 0.254 e. The van der Waals surface area contributed by atoms with Gasteiger partial charge in [-0.25, -0.2) is 8.42 Å². The van der Waals surface area contributed by atoms with Crippen LogP contribution in [0.25, 0.3) is 0 Å². The summed E-state index contributed by atoms with van der Waals surface area (Å²) in [6.07, 6.45) is 2.40. The van der Waals surface area contributed by atoms with Gasteiger partial charge in [-0.2, -0.15) is 0 Å². The molecule has 1 aliphatic heterocycles. The molecule has 1 atom stereocenters. The quantitative estimate of drug-likeness (QED) is 0.750. The molecule has 1 fully saturated rings. The van der Waals surface area contributed by atoms with Crippen molar-refractivity contribution >= 4 is 21.6 Å². The van der Waals surface area contributed by atoms with Crippen molar-refractivity contribution in [2.75, 3.05) is 30.1 Å². The molecule has 134 valence electrons. The van der Waals surface area contributed by atoms with Crippen LogP contribution in [0.3, 0.4) is 0 Å². The molecule has 1 unspecified atom stereocenters. The van der Waals surface area contributed by atoms with Crippen molar-refractivity contribution in [2.45, 2.75) is 39.2 Å². The Morgan fingerprint density at radius 3 is 2.75 bits per heavy atom. The van der Waals surface area contributed by atoms with E-state index in [1.54, 1.807) is 24.3 Å². The van der Waals surface area contributed by atoms with E-state index in [1.807, 2.05) is 11.8 Å². The van der Waals surface area contributed by atoms with E-state index in [1.165, 1.54) is 0 Å². The molecule has 1 saturated heterocycles. The maximum Gasteiger partial charge on any atom is 0.254 e. The topological polar surface area (TPSA) is 78.5 Å². The van der Waals surface area contributed by atoms with Crippen LogP contribution < -0.4 is 10.0 Å². The summed E-state index contributed by atoms with van der Waals surface area (Å²) in [4.78, 5) is 14.8. The molecule has 1 aliphatic rings. The first-order valence-corrected chi connectivity index (χ1v) is 10.2. The van der Waals surface area contributed by atoms with E-state index in [2.05, 4.69) is 17.0 Å². The first-order valence-electron chi connectivity index (χ1n) is 8.59. The van der Waals surface area contributed by atoms with Gasteiger partial charge < -0.3 is 10.2 Å². The lowest BCUT2D eigenvalue weighted by Gasteiger charge is -2.28. The lowest BCUT2D eigenvalue weighted by Crippen LogP contribution is -2.42. The molecule has 0 radical (unpaired) electrons. The average molecular weight is 353 g/mol. The van der Waals surface area contributed by atoms with Crippen LogP contribution in [-0.4, -0.2) is 50.7 Å². The molecular weight excluding hydrogens is 326 g/mol. The molecule has 0 aromatic heterocycles. The molecule has 0 aliphatic carbocycles. The minimum atomic E-state index is -3.36. The fourth-order valence-corrected chi connectivity index (χ4v) is 4.10. The zero-order chi connectivity index (χ0) is 17.6. The van der Waals surface area contributed by atoms with Crippen molar-refractivity contribution in [3.63, 3.8) is 0 Å². The van der Waals surface area contributed by atoms with E-state index >= 15 is 0 Å². The molecule has 7 heteroatoms. The van der Waals surface area contributed by atoms with E-state index in [9.17, 15) is 13.2 Å². The number of sulfonamides is 1. The summed E-state index contributed by atoms with van der Waals surface area (Å²) in [5.74, 6) is 0.0306. The summed E-state index contributed by atoms with van der Waals surface area (Å²) in [5.41, 5.74) is 0.961. The lowest BCUT2D eigenvalue weighted by molar-refractivity contribution is 0.0692. The van der Waals surface area contributed by atoms with Gasteiger partial charge in [0.1, 0.15) is 0 Å². The van der Waals surface area contributed by atoms with Gasteiger partial charge in [0.05, 0.1) is 5.75 Å². The number of benzene rings is 1. The first-order chi connectivity index (χ1) is 11.5. The summed E-state index contributed by atoms with van der Waals surface area (Å²) in [6, 6.07) is 6.96. The predicted molar refractivity (Wildman–Crippen MR) is 96.7 cm³/mol. The molecule has 24 heavy (non-hydrogen) atoms. The lowest BCUT2D eigenvalue weighted by atomic mass is 10.1. The van der Waals surface area contributed by atoms with Gasteiger partial charge in [0.15, 0.2) is 0 Å². The zero-order valence-corrected chi connectivity index (χ0v) is 15.2. The number of nitrogens with zero attached hydrogens (tertiary/aromatic N) is 1. The molecule has 0 spiro atoms. The number of nitrogens with one attached hydrogen (secondary N) is 2. The zero-order valence-electron chi connectivity index (χ0n) is 14.4. The molecular formula is C17H27N3O3S. The monoisotopic (exact) mass is 353 g/mol. The largest absolute Gasteiger partial charge is 0.334 e. The number of amides is 1. The van der Waals surface area contributed by atoms with E-state index in [4.69, 9.17) is 0 Å². The van der Waals surface area contributed by atoms with Gasteiger partial charge in [0.2, 0.25) is 10.0 Å². The highest BCUT2D eigenvalue weighted by atomic mass is 32.2. The second-order valence-electron chi connectivity index (χ2n) is 6.15. The van der Waals surface area contributed by atoms with E-state index < -0.39 is 10.0 Å². The van der Waals surface area contributed by atoms with Crippen LogP contribution in [0.5, 0.6) is 0 Å². The van der Waals surface area contributed by atoms with Gasteiger partial charge in [0, 0.05) is 30.4 Å². The molecule has 0 saturated carbocycles. The van der Waals surface area contributed by atoms with Gasteiger partial charge in [-0.3, -0.25) is 9.52 Å². The van der Waals surface area contributed by atoms with E-state index in [0.29, 0.717) is 24.2 Å². The highest BCUT2D eigenvalue weighted by Crippen LogP contribution is 2.18. The van der Waals surface area contributed by atoms with Crippen molar-refractivity contribution in [3.05, 3.63) is 29.8 Å². The number of rotatable bonds is 8. The Balaban J connectivity index is 2.17. The molecule has 6 nitrogen and oxygen atoms in total. The van der Waals surface area contributed by atoms with Crippen LogP contribution in [0, 0.1) is 0 Å². The number of hydrogen-bond acceptors (Lipinski definition) is 4. The third-order valence-corrected chi connectivity index (χ3v) is 5.55. The maximum atomic E-state index is 12.9. The fourth-order valence-electron chi connectivity index (χ4n) is 2.98. The highest BCUT2D eigenvalue weighted by molar-refractivity contribution is 7.92. The second kappa shape index (κ2) is 8.48. The maximum absolute atomic E-state index is 12.9. The van der Waals surface area contributed by atoms with Gasteiger partial charge in [-0.05, 0) is 44.0 Å². The predicted octanol–water partition coefficient (Wildman–Crippen LogP) is 2.05. The summed E-state index contributed by atoms with van der Waals surface area (Å²) >= 11 is 0. The fraction of sp³-hybridized carbons (Fsp3) is 0.588. The highest BCUT2D eigenvalue weighted by Gasteiger charge is 2.26. The van der Waals surface area contributed by atoms with Gasteiger partial charge in [-0.15, -0.1) is 0 Å².